The van der Waals surface area contributed by atoms with E-state index < -0.39 is 16.9 Å². The topological polar surface area (TPSA) is 107 Å². The first-order valence-electron chi connectivity index (χ1n) is 8.75. The molecule has 4 atom stereocenters. The quantitative estimate of drug-likeness (QED) is 0.219. The summed E-state index contributed by atoms with van der Waals surface area (Å²) in [6.07, 6.45) is 1.62. The highest BCUT2D eigenvalue weighted by molar-refractivity contribution is 7.99. The zero-order valence-corrected chi connectivity index (χ0v) is 15.6. The van der Waals surface area contributed by atoms with Gasteiger partial charge in [0.2, 0.25) is 5.91 Å². The van der Waals surface area contributed by atoms with Crippen LogP contribution in [0, 0.1) is 16.0 Å². The number of fused-ring (bicyclic) bond motifs is 1. The van der Waals surface area contributed by atoms with Crippen LogP contribution in [-0.2, 0) is 25.7 Å². The first-order chi connectivity index (χ1) is 13.0. The van der Waals surface area contributed by atoms with E-state index in [9.17, 15) is 24.5 Å². The number of ether oxygens (including phenoxy) is 1. The van der Waals surface area contributed by atoms with Crippen molar-refractivity contribution in [2.45, 2.75) is 43.7 Å². The van der Waals surface area contributed by atoms with Crippen molar-refractivity contribution in [2.75, 3.05) is 5.75 Å². The standard InChI is InChI=1S/C18H20N2O6S/c1-2-27-15-9-14-13(7-8-21)17(22)19(14)16(15)18(23)26-10-11-3-5-12(6-4-11)20(24)25/h3-6,8,13-16H,2,7,9-10H2,1H3. The summed E-state index contributed by atoms with van der Waals surface area (Å²) in [5, 5.41) is 10.6. The molecule has 2 aliphatic heterocycles. The number of carbonyl (C=O) groups is 3. The molecule has 1 aromatic carbocycles. The number of hydrogen-bond acceptors (Lipinski definition) is 7. The van der Waals surface area contributed by atoms with E-state index in [1.165, 1.54) is 24.3 Å². The van der Waals surface area contributed by atoms with Gasteiger partial charge in [-0.3, -0.25) is 14.9 Å². The van der Waals surface area contributed by atoms with Gasteiger partial charge in [0.05, 0.1) is 10.8 Å². The number of benzene rings is 1. The second-order valence-corrected chi connectivity index (χ2v) is 8.04. The fourth-order valence-corrected chi connectivity index (χ4v) is 4.94. The van der Waals surface area contributed by atoms with Gasteiger partial charge in [0, 0.05) is 29.8 Å². The number of rotatable bonds is 8. The number of thioether (sulfide) groups is 1. The maximum absolute atomic E-state index is 12.7. The number of β-lactam (4-membered cyclic amide) rings is 1. The summed E-state index contributed by atoms with van der Waals surface area (Å²) in [5.41, 5.74) is 0.604. The van der Waals surface area contributed by atoms with E-state index in [0.717, 1.165) is 12.0 Å². The van der Waals surface area contributed by atoms with Crippen LogP contribution >= 0.6 is 11.8 Å². The van der Waals surface area contributed by atoms with Gasteiger partial charge in [-0.15, -0.1) is 0 Å². The lowest BCUT2D eigenvalue weighted by atomic mass is 9.86. The zero-order valence-electron chi connectivity index (χ0n) is 14.8. The van der Waals surface area contributed by atoms with Crippen LogP contribution in [-0.4, -0.2) is 51.1 Å². The zero-order chi connectivity index (χ0) is 19.6. The number of carbonyl (C=O) groups excluding carboxylic acids is 3. The molecule has 27 heavy (non-hydrogen) atoms. The minimum atomic E-state index is -0.645. The first kappa shape index (κ1) is 19.3. The third-order valence-electron chi connectivity index (χ3n) is 5.02. The molecule has 1 aromatic rings. The van der Waals surface area contributed by atoms with E-state index in [1.54, 1.807) is 16.7 Å². The van der Waals surface area contributed by atoms with Crippen LogP contribution in [0.4, 0.5) is 5.69 Å². The molecular formula is C18H20N2O6S. The van der Waals surface area contributed by atoms with E-state index in [1.807, 2.05) is 6.92 Å². The average molecular weight is 392 g/mol. The number of esters is 1. The Morgan fingerprint density at radius 3 is 2.70 bits per heavy atom. The van der Waals surface area contributed by atoms with Crippen molar-refractivity contribution in [1.29, 1.82) is 0 Å². The number of nitrogens with zero attached hydrogens (tertiary/aromatic N) is 2. The molecule has 1 amide bonds. The summed E-state index contributed by atoms with van der Waals surface area (Å²) in [4.78, 5) is 47.6. The highest BCUT2D eigenvalue weighted by Gasteiger charge is 2.59. The highest BCUT2D eigenvalue weighted by atomic mass is 32.2. The van der Waals surface area contributed by atoms with Crippen molar-refractivity contribution in [3.63, 3.8) is 0 Å². The molecule has 0 N–H and O–H groups in total. The van der Waals surface area contributed by atoms with Crippen LogP contribution in [0.15, 0.2) is 24.3 Å². The predicted octanol–water partition coefficient (Wildman–Crippen LogP) is 1.95. The molecule has 8 nitrogen and oxygen atoms in total. The lowest BCUT2D eigenvalue weighted by molar-refractivity contribution is -0.384. The third-order valence-corrected chi connectivity index (χ3v) is 6.23. The molecule has 0 spiro atoms. The molecule has 144 valence electrons. The molecule has 9 heteroatoms. The van der Waals surface area contributed by atoms with Gasteiger partial charge in [-0.2, -0.15) is 11.8 Å². The van der Waals surface area contributed by atoms with Crippen LogP contribution in [0.3, 0.4) is 0 Å². The molecule has 2 saturated heterocycles. The van der Waals surface area contributed by atoms with Crippen molar-refractivity contribution in [1.82, 2.24) is 4.90 Å². The van der Waals surface area contributed by atoms with Gasteiger partial charge < -0.3 is 14.4 Å². The molecule has 2 fully saturated rings. The van der Waals surface area contributed by atoms with E-state index in [4.69, 9.17) is 4.74 Å². The minimum Gasteiger partial charge on any atom is -0.459 e. The van der Waals surface area contributed by atoms with Crippen LogP contribution in [0.25, 0.3) is 0 Å². The van der Waals surface area contributed by atoms with Gasteiger partial charge in [0.15, 0.2) is 0 Å². The van der Waals surface area contributed by atoms with Crippen molar-refractivity contribution in [3.8, 4) is 0 Å². The fraction of sp³-hybridized carbons (Fsp3) is 0.500. The lowest BCUT2D eigenvalue weighted by Crippen LogP contribution is -2.62. The smallest absolute Gasteiger partial charge is 0.330 e. The summed E-state index contributed by atoms with van der Waals surface area (Å²) in [5.74, 6) is -0.151. The SMILES string of the molecule is CCSC1CC2C(CC=O)C(=O)N2C1C(=O)OCc1ccc([N+](=O)[O-])cc1. The molecule has 0 aromatic heterocycles. The van der Waals surface area contributed by atoms with Crippen molar-refractivity contribution in [3.05, 3.63) is 39.9 Å². The summed E-state index contributed by atoms with van der Waals surface area (Å²) in [6, 6.07) is 5.06. The number of hydrogen-bond donors (Lipinski definition) is 0. The molecule has 4 unspecified atom stereocenters. The largest absolute Gasteiger partial charge is 0.459 e. The van der Waals surface area contributed by atoms with Gasteiger partial charge in [-0.05, 0) is 29.9 Å². The number of aldehydes is 1. The Morgan fingerprint density at radius 2 is 2.11 bits per heavy atom. The number of amides is 1. The number of nitro groups is 1. The van der Waals surface area contributed by atoms with Crippen molar-refractivity contribution < 1.29 is 24.0 Å². The van der Waals surface area contributed by atoms with E-state index >= 15 is 0 Å². The van der Waals surface area contributed by atoms with Crippen LogP contribution < -0.4 is 0 Å². The van der Waals surface area contributed by atoms with Gasteiger partial charge in [-0.25, -0.2) is 4.79 Å². The van der Waals surface area contributed by atoms with Crippen LogP contribution in [0.5, 0.6) is 0 Å². The fourth-order valence-electron chi connectivity index (χ4n) is 3.75. The Hall–Kier alpha value is -2.42. The first-order valence-corrected chi connectivity index (χ1v) is 9.80. The van der Waals surface area contributed by atoms with E-state index in [0.29, 0.717) is 12.0 Å². The predicted molar refractivity (Wildman–Crippen MR) is 98.0 cm³/mol. The molecule has 0 radical (unpaired) electrons. The van der Waals surface area contributed by atoms with Crippen LogP contribution in [0.1, 0.15) is 25.3 Å². The van der Waals surface area contributed by atoms with Gasteiger partial charge in [-0.1, -0.05) is 6.92 Å². The molecule has 0 saturated carbocycles. The molecular weight excluding hydrogens is 372 g/mol. The van der Waals surface area contributed by atoms with Gasteiger partial charge >= 0.3 is 5.97 Å². The highest BCUT2D eigenvalue weighted by Crippen LogP contribution is 2.45. The number of non-ortho nitro benzene ring substituents is 1. The maximum Gasteiger partial charge on any atom is 0.330 e. The maximum atomic E-state index is 12.7. The minimum absolute atomic E-state index is 0.0126. The monoisotopic (exact) mass is 392 g/mol. The third kappa shape index (κ3) is 3.69. The molecule has 2 heterocycles. The lowest BCUT2D eigenvalue weighted by Gasteiger charge is -2.44. The van der Waals surface area contributed by atoms with Gasteiger partial charge in [0.1, 0.15) is 18.9 Å². The normalized spacial score (nSPS) is 26.3. The Kier molecular flexibility index (Phi) is 5.79. The van der Waals surface area contributed by atoms with Gasteiger partial charge in [0.25, 0.3) is 5.69 Å². The van der Waals surface area contributed by atoms with Crippen LogP contribution in [0.2, 0.25) is 0 Å². The molecule has 2 aliphatic rings. The van der Waals surface area contributed by atoms with E-state index in [2.05, 4.69) is 0 Å². The Labute approximate surface area is 160 Å². The molecule has 0 aliphatic carbocycles. The average Bonchev–Trinajstić information content (AvgIpc) is 3.00. The second-order valence-electron chi connectivity index (χ2n) is 6.53. The molecule has 0 bridgehead atoms. The van der Waals surface area contributed by atoms with Crippen molar-refractivity contribution in [2.24, 2.45) is 5.92 Å². The molecule has 3 rings (SSSR count). The Bertz CT molecular complexity index is 753. The Balaban J connectivity index is 1.66. The van der Waals surface area contributed by atoms with E-state index in [-0.39, 0.29) is 41.8 Å². The second kappa shape index (κ2) is 8.08. The summed E-state index contributed by atoms with van der Waals surface area (Å²) < 4.78 is 5.40. The van der Waals surface area contributed by atoms with Crippen molar-refractivity contribution >= 4 is 35.6 Å². The Morgan fingerprint density at radius 1 is 1.41 bits per heavy atom. The number of nitro benzene ring substituents is 1. The summed E-state index contributed by atoms with van der Waals surface area (Å²) >= 11 is 1.61. The summed E-state index contributed by atoms with van der Waals surface area (Å²) in [7, 11) is 0. The summed E-state index contributed by atoms with van der Waals surface area (Å²) in [6.45, 7) is 1.98.